The molecular weight excluding hydrogens is 557 g/mol. The number of nitrogens with zero attached hydrogens (tertiary/aromatic N) is 3. The van der Waals surface area contributed by atoms with Crippen LogP contribution in [0, 0.1) is 0 Å². The van der Waals surface area contributed by atoms with Gasteiger partial charge in [-0.15, -0.1) is 0 Å². The van der Waals surface area contributed by atoms with E-state index in [2.05, 4.69) is 35.3 Å². The van der Waals surface area contributed by atoms with Gasteiger partial charge in [0.25, 0.3) is 0 Å². The lowest BCUT2D eigenvalue weighted by molar-refractivity contribution is 0.592. The molecule has 4 nitrogen and oxygen atoms in total. The van der Waals surface area contributed by atoms with Gasteiger partial charge in [-0.3, -0.25) is 9.97 Å². The Morgan fingerprint density at radius 3 is 1.43 bits per heavy atom. The van der Waals surface area contributed by atoms with E-state index in [1.807, 2.05) is 134 Å². The molecule has 0 atom stereocenters. The number of hydrogen-bond acceptors (Lipinski definition) is 4. The van der Waals surface area contributed by atoms with Crippen LogP contribution in [0.5, 0.6) is 0 Å². The van der Waals surface area contributed by atoms with Gasteiger partial charge in [-0.1, -0.05) is 127 Å². The molecule has 3 aromatic heterocycles. The molecule has 4 aromatic carbocycles. The van der Waals surface area contributed by atoms with Crippen molar-refractivity contribution < 1.29 is 4.57 Å². The minimum atomic E-state index is -3.03. The van der Waals surface area contributed by atoms with Crippen LogP contribution in [0.4, 0.5) is 0 Å². The average Bonchev–Trinajstić information content (AvgIpc) is 3.13. The van der Waals surface area contributed by atoms with Crippen LogP contribution in [-0.4, -0.2) is 15.0 Å². The number of benzene rings is 4. The van der Waals surface area contributed by atoms with Crippen molar-refractivity contribution in [3.63, 3.8) is 0 Å². The van der Waals surface area contributed by atoms with Crippen molar-refractivity contribution in [1.82, 2.24) is 15.0 Å². The second kappa shape index (κ2) is 12.0. The molecule has 7 rings (SSSR count). The lowest BCUT2D eigenvalue weighted by Crippen LogP contribution is -2.24. The summed E-state index contributed by atoms with van der Waals surface area (Å²) in [7, 11) is -3.03. The summed E-state index contributed by atoms with van der Waals surface area (Å²) in [6.07, 6.45) is 3.65. The molecule has 0 radical (unpaired) electrons. The monoisotopic (exact) mass is 585 g/mol. The highest BCUT2D eigenvalue weighted by molar-refractivity contribution is 7.85. The molecule has 3 heterocycles. The van der Waals surface area contributed by atoms with E-state index >= 15 is 0 Å². The first-order valence-electron chi connectivity index (χ1n) is 14.5. The first-order chi connectivity index (χ1) is 21.7. The third-order valence-electron chi connectivity index (χ3n) is 7.69. The minimum Gasteiger partial charge on any atom is -0.309 e. The second-order valence-electron chi connectivity index (χ2n) is 10.5. The molecule has 0 aliphatic heterocycles. The first-order valence-corrected chi connectivity index (χ1v) is 16.2. The van der Waals surface area contributed by atoms with Gasteiger partial charge < -0.3 is 4.57 Å². The van der Waals surface area contributed by atoms with Crippen LogP contribution in [0.1, 0.15) is 0 Å². The van der Waals surface area contributed by atoms with Gasteiger partial charge in [0.15, 0.2) is 7.14 Å². The van der Waals surface area contributed by atoms with Gasteiger partial charge in [-0.05, 0) is 47.0 Å². The molecule has 0 saturated carbocycles. The third kappa shape index (κ3) is 5.40. The number of pyridine rings is 3. The Hall–Kier alpha value is -5.44. The lowest BCUT2D eigenvalue weighted by atomic mass is 10.0. The van der Waals surface area contributed by atoms with E-state index in [-0.39, 0.29) is 0 Å². The van der Waals surface area contributed by atoms with E-state index in [9.17, 15) is 4.57 Å². The standard InChI is InChI=1S/C39H28N3OP/c43-44(33-14-6-2-7-15-33,34-16-8-3-9-17-34)35-22-19-30(20-23-35)31-21-24-37(41-28-31)39-27-32(29-12-4-1-5-13-29)26-38(42-39)36-18-10-11-25-40-36/h1-28H. The summed E-state index contributed by atoms with van der Waals surface area (Å²) in [5.74, 6) is 0. The number of aromatic nitrogens is 3. The zero-order chi connectivity index (χ0) is 29.8. The highest BCUT2D eigenvalue weighted by Crippen LogP contribution is 2.42. The predicted octanol–water partition coefficient (Wildman–Crippen LogP) is 8.18. The van der Waals surface area contributed by atoms with Gasteiger partial charge in [0.2, 0.25) is 0 Å². The van der Waals surface area contributed by atoms with Crippen molar-refractivity contribution >= 4 is 23.1 Å². The van der Waals surface area contributed by atoms with Crippen molar-refractivity contribution in [2.24, 2.45) is 0 Å². The Bertz CT molecular complexity index is 1950. The van der Waals surface area contributed by atoms with Gasteiger partial charge in [0.1, 0.15) is 0 Å². The van der Waals surface area contributed by atoms with Gasteiger partial charge in [-0.25, -0.2) is 4.98 Å². The molecule has 0 spiro atoms. The van der Waals surface area contributed by atoms with Gasteiger partial charge >= 0.3 is 0 Å². The highest BCUT2D eigenvalue weighted by atomic mass is 31.2. The summed E-state index contributed by atoms with van der Waals surface area (Å²) >= 11 is 0. The van der Waals surface area contributed by atoms with Crippen molar-refractivity contribution in [3.8, 4) is 45.0 Å². The van der Waals surface area contributed by atoms with Gasteiger partial charge in [0, 0.05) is 33.9 Å². The molecule has 210 valence electrons. The molecule has 7 aromatic rings. The molecule has 0 unspecified atom stereocenters. The van der Waals surface area contributed by atoms with Crippen LogP contribution in [-0.2, 0) is 4.57 Å². The summed E-state index contributed by atoms with van der Waals surface area (Å²) in [6.45, 7) is 0. The fourth-order valence-corrected chi connectivity index (χ4v) is 8.05. The molecule has 0 fully saturated rings. The fraction of sp³-hybridized carbons (Fsp3) is 0. The van der Waals surface area contributed by atoms with E-state index in [4.69, 9.17) is 9.97 Å². The maximum absolute atomic E-state index is 14.7. The number of hydrogen-bond donors (Lipinski definition) is 0. The highest BCUT2D eigenvalue weighted by Gasteiger charge is 2.29. The minimum absolute atomic E-state index is 0.776. The SMILES string of the molecule is O=P(c1ccccc1)(c1ccccc1)c1ccc(-c2ccc(-c3cc(-c4ccccc4)cc(-c4ccccn4)n3)nc2)cc1. The zero-order valence-electron chi connectivity index (χ0n) is 23.9. The normalized spacial score (nSPS) is 11.3. The van der Waals surface area contributed by atoms with E-state index in [0.29, 0.717) is 0 Å². The molecule has 0 amide bonds. The number of rotatable bonds is 7. The van der Waals surface area contributed by atoms with Crippen LogP contribution < -0.4 is 15.9 Å². The largest absolute Gasteiger partial charge is 0.309 e. The Balaban J connectivity index is 1.23. The maximum Gasteiger partial charge on any atom is 0.171 e. The maximum atomic E-state index is 14.7. The predicted molar refractivity (Wildman–Crippen MR) is 181 cm³/mol. The molecular formula is C39H28N3OP. The van der Waals surface area contributed by atoms with E-state index in [1.165, 1.54) is 0 Å². The summed E-state index contributed by atoms with van der Waals surface area (Å²) in [6, 6.07) is 51.8. The first kappa shape index (κ1) is 27.4. The topological polar surface area (TPSA) is 55.7 Å². The van der Waals surface area contributed by atoms with Gasteiger partial charge in [0.05, 0.1) is 22.8 Å². The van der Waals surface area contributed by atoms with Crippen molar-refractivity contribution in [3.05, 3.63) is 170 Å². The Kier molecular flexibility index (Phi) is 7.50. The Morgan fingerprint density at radius 2 is 0.886 bits per heavy atom. The van der Waals surface area contributed by atoms with Crippen molar-refractivity contribution in [1.29, 1.82) is 0 Å². The average molecular weight is 586 g/mol. The second-order valence-corrected chi connectivity index (χ2v) is 13.2. The fourth-order valence-electron chi connectivity index (χ4n) is 5.41. The zero-order valence-corrected chi connectivity index (χ0v) is 24.8. The summed E-state index contributed by atoms with van der Waals surface area (Å²) in [5.41, 5.74) is 7.29. The van der Waals surface area contributed by atoms with E-state index < -0.39 is 7.14 Å². The van der Waals surface area contributed by atoms with Crippen LogP contribution in [0.2, 0.25) is 0 Å². The smallest absolute Gasteiger partial charge is 0.171 e. The van der Waals surface area contributed by atoms with Crippen LogP contribution in [0.25, 0.3) is 45.0 Å². The van der Waals surface area contributed by atoms with E-state index in [0.717, 1.165) is 60.9 Å². The van der Waals surface area contributed by atoms with Crippen molar-refractivity contribution in [2.75, 3.05) is 0 Å². The van der Waals surface area contributed by atoms with Crippen molar-refractivity contribution in [2.45, 2.75) is 0 Å². The summed E-state index contributed by atoms with van der Waals surface area (Å²) in [5, 5.41) is 2.44. The molecule has 44 heavy (non-hydrogen) atoms. The van der Waals surface area contributed by atoms with E-state index in [1.54, 1.807) is 6.20 Å². The Labute approximate surface area is 257 Å². The summed E-state index contributed by atoms with van der Waals surface area (Å²) in [4.78, 5) is 14.3. The molecule has 5 heteroatoms. The third-order valence-corrected chi connectivity index (χ3v) is 10.8. The van der Waals surface area contributed by atoms with Crippen LogP contribution in [0.15, 0.2) is 170 Å². The molecule has 0 aliphatic carbocycles. The molecule has 0 bridgehead atoms. The molecule has 0 aliphatic rings. The van der Waals surface area contributed by atoms with Crippen LogP contribution in [0.3, 0.4) is 0 Å². The molecule has 0 N–H and O–H groups in total. The molecule has 0 saturated heterocycles. The van der Waals surface area contributed by atoms with Gasteiger partial charge in [-0.2, -0.15) is 0 Å². The Morgan fingerprint density at radius 1 is 0.386 bits per heavy atom. The van der Waals surface area contributed by atoms with Crippen LogP contribution >= 0.6 is 7.14 Å². The summed E-state index contributed by atoms with van der Waals surface area (Å²) < 4.78 is 14.7. The lowest BCUT2D eigenvalue weighted by Gasteiger charge is -2.20. The quantitative estimate of drug-likeness (QED) is 0.177.